The van der Waals surface area contributed by atoms with Crippen LogP contribution in [0, 0.1) is 6.92 Å². The first-order valence-electron chi connectivity index (χ1n) is 9.08. The fraction of sp³-hybridized carbons (Fsp3) is 0.125. The lowest BCUT2D eigenvalue weighted by Crippen LogP contribution is -2.14. The third kappa shape index (κ3) is 3.63. The van der Waals surface area contributed by atoms with Crippen LogP contribution in [0.1, 0.15) is 38.7 Å². The van der Waals surface area contributed by atoms with Crippen LogP contribution in [0.25, 0.3) is 6.08 Å². The molecule has 0 saturated carbocycles. The van der Waals surface area contributed by atoms with Crippen LogP contribution in [0.4, 0.5) is 5.69 Å². The lowest BCUT2D eigenvalue weighted by molar-refractivity contribution is 0.0397. The van der Waals surface area contributed by atoms with Crippen LogP contribution >= 0.6 is 0 Å². The number of carbonyl (C=O) groups is 1. The van der Waals surface area contributed by atoms with E-state index in [1.807, 2.05) is 79.7 Å². The first-order chi connectivity index (χ1) is 13.2. The second kappa shape index (κ2) is 7.50. The molecule has 1 atom stereocenters. The second-order valence-electron chi connectivity index (χ2n) is 6.65. The topological polar surface area (TPSA) is 38.3 Å². The van der Waals surface area contributed by atoms with Crippen LogP contribution in [0.5, 0.6) is 0 Å². The van der Waals surface area contributed by atoms with E-state index >= 15 is 0 Å². The van der Waals surface area contributed by atoms with E-state index in [1.165, 1.54) is 0 Å². The van der Waals surface area contributed by atoms with Crippen molar-refractivity contribution in [2.75, 3.05) is 5.32 Å². The predicted octanol–water partition coefficient (Wildman–Crippen LogP) is 5.53. The molecule has 0 aromatic heterocycles. The zero-order valence-electron chi connectivity index (χ0n) is 15.2. The van der Waals surface area contributed by atoms with Crippen molar-refractivity contribution in [3.8, 4) is 0 Å². The highest BCUT2D eigenvalue weighted by Gasteiger charge is 2.23. The number of carbonyl (C=O) groups excluding carboxylic acids is 1. The molecule has 3 heteroatoms. The SMILES string of the molecule is Cc1cccc(NCc2ccccc2)c1C(=O)OC1C=Cc2ccccc21. The van der Waals surface area contributed by atoms with Crippen molar-refractivity contribution in [1.29, 1.82) is 0 Å². The maximum absolute atomic E-state index is 13.0. The number of benzene rings is 3. The standard InChI is InChI=1S/C24H21NO2/c1-17-8-7-13-21(25-16-18-9-3-2-4-10-18)23(17)24(26)27-22-15-14-19-11-5-6-12-20(19)22/h2-15,22,25H,16H2,1H3. The molecule has 1 aliphatic carbocycles. The Kier molecular flexibility index (Phi) is 4.75. The maximum Gasteiger partial charge on any atom is 0.341 e. The van der Waals surface area contributed by atoms with Gasteiger partial charge in [0.2, 0.25) is 0 Å². The molecule has 4 rings (SSSR count). The molecule has 0 radical (unpaired) electrons. The summed E-state index contributed by atoms with van der Waals surface area (Å²) in [5, 5.41) is 3.38. The third-order valence-corrected chi connectivity index (χ3v) is 4.79. The summed E-state index contributed by atoms with van der Waals surface area (Å²) < 4.78 is 5.83. The minimum absolute atomic E-state index is 0.310. The summed E-state index contributed by atoms with van der Waals surface area (Å²) in [5.41, 5.74) is 5.56. The first-order valence-corrected chi connectivity index (χ1v) is 9.08. The predicted molar refractivity (Wildman–Crippen MR) is 109 cm³/mol. The van der Waals surface area contributed by atoms with Gasteiger partial charge < -0.3 is 10.1 Å². The summed E-state index contributed by atoms with van der Waals surface area (Å²) in [6.45, 7) is 2.58. The van der Waals surface area contributed by atoms with Crippen LogP contribution in [0.2, 0.25) is 0 Å². The maximum atomic E-state index is 13.0. The second-order valence-corrected chi connectivity index (χ2v) is 6.65. The van der Waals surface area contributed by atoms with Gasteiger partial charge in [0.15, 0.2) is 0 Å². The molecule has 1 aliphatic rings. The number of ether oxygens (including phenoxy) is 1. The van der Waals surface area contributed by atoms with Crippen LogP contribution < -0.4 is 5.32 Å². The minimum atomic E-state index is -0.338. The van der Waals surface area contributed by atoms with E-state index in [2.05, 4.69) is 17.4 Å². The van der Waals surface area contributed by atoms with E-state index in [-0.39, 0.29) is 12.1 Å². The smallest absolute Gasteiger partial charge is 0.341 e. The average molecular weight is 355 g/mol. The summed E-state index contributed by atoms with van der Waals surface area (Å²) >= 11 is 0. The summed E-state index contributed by atoms with van der Waals surface area (Å²) in [6.07, 6.45) is 3.59. The molecule has 1 unspecified atom stereocenters. The molecule has 0 amide bonds. The molecule has 1 N–H and O–H groups in total. The Balaban J connectivity index is 1.54. The number of fused-ring (bicyclic) bond motifs is 1. The number of hydrogen-bond acceptors (Lipinski definition) is 3. The van der Waals surface area contributed by atoms with E-state index in [4.69, 9.17) is 4.74 Å². The number of esters is 1. The molecule has 0 bridgehead atoms. The van der Waals surface area contributed by atoms with Gasteiger partial charge >= 0.3 is 5.97 Å². The summed E-state index contributed by atoms with van der Waals surface area (Å²) in [5.74, 6) is -0.310. The van der Waals surface area contributed by atoms with Gasteiger partial charge in [0.1, 0.15) is 6.10 Å². The Morgan fingerprint density at radius 1 is 0.963 bits per heavy atom. The van der Waals surface area contributed by atoms with Crippen LogP contribution in [-0.2, 0) is 11.3 Å². The van der Waals surface area contributed by atoms with Crippen molar-refractivity contribution >= 4 is 17.7 Å². The van der Waals surface area contributed by atoms with Crippen molar-refractivity contribution in [1.82, 2.24) is 0 Å². The van der Waals surface area contributed by atoms with Gasteiger partial charge in [0.05, 0.1) is 5.56 Å². The van der Waals surface area contributed by atoms with Crippen molar-refractivity contribution in [2.24, 2.45) is 0 Å². The van der Waals surface area contributed by atoms with E-state index in [1.54, 1.807) is 0 Å². The molecule has 0 heterocycles. The number of anilines is 1. The summed E-state index contributed by atoms with van der Waals surface area (Å²) in [7, 11) is 0. The molecule has 0 spiro atoms. The van der Waals surface area contributed by atoms with Crippen molar-refractivity contribution in [3.63, 3.8) is 0 Å². The number of rotatable bonds is 5. The average Bonchev–Trinajstić information content (AvgIpc) is 3.10. The van der Waals surface area contributed by atoms with Gasteiger partial charge in [-0.25, -0.2) is 4.79 Å². The molecule has 0 fully saturated rings. The number of nitrogens with one attached hydrogen (secondary N) is 1. The van der Waals surface area contributed by atoms with Crippen molar-refractivity contribution < 1.29 is 9.53 Å². The minimum Gasteiger partial charge on any atom is -0.450 e. The molecule has 27 heavy (non-hydrogen) atoms. The molecule has 3 nitrogen and oxygen atoms in total. The monoisotopic (exact) mass is 355 g/mol. The van der Waals surface area contributed by atoms with Crippen molar-refractivity contribution in [2.45, 2.75) is 19.6 Å². The van der Waals surface area contributed by atoms with Crippen LogP contribution in [0.15, 0.2) is 78.9 Å². The van der Waals surface area contributed by atoms with Gasteiger partial charge in [-0.15, -0.1) is 0 Å². The lowest BCUT2D eigenvalue weighted by Gasteiger charge is -2.17. The van der Waals surface area contributed by atoms with Gasteiger partial charge in [-0.2, -0.15) is 0 Å². The lowest BCUT2D eigenvalue weighted by atomic mass is 10.1. The Morgan fingerprint density at radius 3 is 2.59 bits per heavy atom. The summed E-state index contributed by atoms with van der Waals surface area (Å²) in [4.78, 5) is 13.0. The van der Waals surface area contributed by atoms with Gasteiger partial charge in [0, 0.05) is 17.8 Å². The first kappa shape index (κ1) is 17.1. The van der Waals surface area contributed by atoms with Gasteiger partial charge in [-0.3, -0.25) is 0 Å². The van der Waals surface area contributed by atoms with E-state index < -0.39 is 0 Å². The number of aryl methyl sites for hydroxylation is 1. The van der Waals surface area contributed by atoms with Gasteiger partial charge in [0.25, 0.3) is 0 Å². The summed E-state index contributed by atoms with van der Waals surface area (Å²) in [6, 6.07) is 23.9. The Hall–Kier alpha value is -3.33. The fourth-order valence-electron chi connectivity index (χ4n) is 3.37. The van der Waals surface area contributed by atoms with Gasteiger partial charge in [-0.1, -0.05) is 72.8 Å². The molecular formula is C24H21NO2. The molecule has 0 saturated heterocycles. The zero-order valence-corrected chi connectivity index (χ0v) is 15.2. The molecule has 3 aromatic carbocycles. The Labute approximate surface area is 159 Å². The van der Waals surface area contributed by atoms with Crippen LogP contribution in [0.3, 0.4) is 0 Å². The normalized spacial score (nSPS) is 14.6. The quantitative estimate of drug-likeness (QED) is 0.611. The number of hydrogen-bond donors (Lipinski definition) is 1. The van der Waals surface area contributed by atoms with Gasteiger partial charge in [-0.05, 0) is 35.8 Å². The third-order valence-electron chi connectivity index (χ3n) is 4.79. The molecule has 3 aromatic rings. The van der Waals surface area contributed by atoms with E-state index in [0.717, 1.165) is 27.9 Å². The molecule has 0 aliphatic heterocycles. The van der Waals surface area contributed by atoms with Crippen molar-refractivity contribution in [3.05, 3.63) is 107 Å². The van der Waals surface area contributed by atoms with E-state index in [0.29, 0.717) is 12.1 Å². The van der Waals surface area contributed by atoms with Crippen LogP contribution in [-0.4, -0.2) is 5.97 Å². The zero-order chi connectivity index (χ0) is 18.6. The Bertz CT molecular complexity index is 992. The largest absolute Gasteiger partial charge is 0.450 e. The highest BCUT2D eigenvalue weighted by Crippen LogP contribution is 2.32. The molecule has 134 valence electrons. The highest BCUT2D eigenvalue weighted by atomic mass is 16.5. The van der Waals surface area contributed by atoms with E-state index in [9.17, 15) is 4.79 Å². The highest BCUT2D eigenvalue weighted by molar-refractivity contribution is 5.97. The molecular weight excluding hydrogens is 334 g/mol. The Morgan fingerprint density at radius 2 is 1.74 bits per heavy atom. The fourth-order valence-corrected chi connectivity index (χ4v) is 3.37.